The largest absolute Gasteiger partial charge is 0.386 e. The summed E-state index contributed by atoms with van der Waals surface area (Å²) in [7, 11) is 0. The number of nitrogens with one attached hydrogen (secondary N) is 1. The van der Waals surface area contributed by atoms with Crippen molar-refractivity contribution < 1.29 is 4.84 Å². The second kappa shape index (κ2) is 4.03. The Morgan fingerprint density at radius 3 is 2.40 bits per heavy atom. The summed E-state index contributed by atoms with van der Waals surface area (Å²) in [6, 6.07) is 8.34. The number of rotatable bonds is 2. The first-order chi connectivity index (χ1) is 7.16. The second-order valence-corrected chi connectivity index (χ2v) is 4.11. The molecule has 1 aliphatic heterocycles. The fraction of sp³-hybridized carbons (Fsp3) is 0.417. The van der Waals surface area contributed by atoms with Gasteiger partial charge in [0, 0.05) is 5.56 Å². The Hall–Kier alpha value is -1.35. The van der Waals surface area contributed by atoms with E-state index in [0.29, 0.717) is 11.8 Å². The number of benzene rings is 1. The van der Waals surface area contributed by atoms with Crippen LogP contribution in [0.1, 0.15) is 37.8 Å². The van der Waals surface area contributed by atoms with E-state index in [9.17, 15) is 0 Å². The van der Waals surface area contributed by atoms with Gasteiger partial charge in [-0.15, -0.1) is 5.48 Å². The summed E-state index contributed by atoms with van der Waals surface area (Å²) < 4.78 is 0. The van der Waals surface area contributed by atoms with Gasteiger partial charge < -0.3 is 4.84 Å². The smallest absolute Gasteiger partial charge is 0.242 e. The molecule has 3 heteroatoms. The topological polar surface area (TPSA) is 33.6 Å². The van der Waals surface area contributed by atoms with E-state index in [-0.39, 0.29) is 6.17 Å². The highest BCUT2D eigenvalue weighted by molar-refractivity contribution is 5.94. The third kappa shape index (κ3) is 2.18. The zero-order chi connectivity index (χ0) is 10.8. The number of aliphatic imine (C=N–C) groups is 1. The first kappa shape index (κ1) is 10.2. The maximum absolute atomic E-state index is 5.25. The maximum Gasteiger partial charge on any atom is 0.242 e. The lowest BCUT2D eigenvalue weighted by Crippen LogP contribution is -2.17. The van der Waals surface area contributed by atoms with Crippen LogP contribution in [0.15, 0.2) is 29.3 Å². The van der Waals surface area contributed by atoms with Crippen LogP contribution >= 0.6 is 0 Å². The zero-order valence-electron chi connectivity index (χ0n) is 9.32. The molecule has 0 aliphatic carbocycles. The van der Waals surface area contributed by atoms with Crippen LogP contribution in [0.3, 0.4) is 0 Å². The molecule has 1 aliphatic rings. The molecule has 1 N–H and O–H groups in total. The third-order valence-corrected chi connectivity index (χ3v) is 2.46. The number of hydroxylamine groups is 1. The van der Waals surface area contributed by atoms with E-state index in [4.69, 9.17) is 4.84 Å². The lowest BCUT2D eigenvalue weighted by Gasteiger charge is -2.06. The average molecular weight is 204 g/mol. The highest BCUT2D eigenvalue weighted by atomic mass is 16.7. The van der Waals surface area contributed by atoms with Gasteiger partial charge in [-0.3, -0.25) is 0 Å². The molecule has 1 unspecified atom stereocenters. The minimum atomic E-state index is 0.0461. The quantitative estimate of drug-likeness (QED) is 0.802. The summed E-state index contributed by atoms with van der Waals surface area (Å²) in [5.74, 6) is 1.24. The molecular weight excluding hydrogens is 188 g/mol. The molecule has 0 radical (unpaired) electrons. The van der Waals surface area contributed by atoms with E-state index < -0.39 is 0 Å². The number of hydrogen-bond acceptors (Lipinski definition) is 3. The van der Waals surface area contributed by atoms with Crippen LogP contribution in [0, 0.1) is 0 Å². The van der Waals surface area contributed by atoms with Gasteiger partial charge in [0.05, 0.1) is 0 Å². The van der Waals surface area contributed by atoms with Gasteiger partial charge in [-0.25, -0.2) is 4.99 Å². The fourth-order valence-electron chi connectivity index (χ4n) is 1.51. The van der Waals surface area contributed by atoms with Crippen molar-refractivity contribution in [2.75, 3.05) is 0 Å². The van der Waals surface area contributed by atoms with E-state index in [2.05, 4.69) is 36.5 Å². The van der Waals surface area contributed by atoms with Crippen molar-refractivity contribution in [3.8, 4) is 0 Å². The average Bonchev–Trinajstić information content (AvgIpc) is 2.65. The Balaban J connectivity index is 2.20. The molecule has 0 amide bonds. The Morgan fingerprint density at radius 2 is 1.93 bits per heavy atom. The summed E-state index contributed by atoms with van der Waals surface area (Å²) in [5.41, 5.74) is 5.16. The van der Waals surface area contributed by atoms with Gasteiger partial charge in [0.25, 0.3) is 0 Å². The van der Waals surface area contributed by atoms with Gasteiger partial charge in [0.15, 0.2) is 0 Å². The highest BCUT2D eigenvalue weighted by Crippen LogP contribution is 2.16. The van der Waals surface area contributed by atoms with E-state index >= 15 is 0 Å². The first-order valence-corrected chi connectivity index (χ1v) is 5.27. The van der Waals surface area contributed by atoms with Crippen molar-refractivity contribution in [2.45, 2.75) is 32.9 Å². The monoisotopic (exact) mass is 204 g/mol. The van der Waals surface area contributed by atoms with Crippen molar-refractivity contribution in [2.24, 2.45) is 4.99 Å². The molecule has 0 bridgehead atoms. The molecule has 0 aromatic heterocycles. The van der Waals surface area contributed by atoms with Crippen molar-refractivity contribution in [1.82, 2.24) is 5.48 Å². The predicted molar refractivity (Wildman–Crippen MR) is 60.8 cm³/mol. The summed E-state index contributed by atoms with van der Waals surface area (Å²) in [5, 5.41) is 0. The van der Waals surface area contributed by atoms with Crippen LogP contribution in [0.4, 0.5) is 0 Å². The zero-order valence-corrected chi connectivity index (χ0v) is 9.32. The summed E-state index contributed by atoms with van der Waals surface area (Å²) in [6.45, 7) is 6.32. The molecule has 0 saturated heterocycles. The first-order valence-electron chi connectivity index (χ1n) is 5.27. The van der Waals surface area contributed by atoms with E-state index in [0.717, 1.165) is 5.56 Å². The maximum atomic E-state index is 5.25. The summed E-state index contributed by atoms with van der Waals surface area (Å²) >= 11 is 0. The van der Waals surface area contributed by atoms with E-state index in [1.165, 1.54) is 5.56 Å². The van der Waals surface area contributed by atoms with Crippen LogP contribution in [-0.4, -0.2) is 12.1 Å². The molecule has 1 atom stereocenters. The van der Waals surface area contributed by atoms with Crippen LogP contribution in [0.25, 0.3) is 0 Å². The molecule has 0 fully saturated rings. The SMILES string of the molecule is CC1N=C(c2ccc(C(C)C)cc2)ON1. The van der Waals surface area contributed by atoms with Gasteiger partial charge in [-0.2, -0.15) is 0 Å². The minimum absolute atomic E-state index is 0.0461. The van der Waals surface area contributed by atoms with Crippen LogP contribution in [-0.2, 0) is 4.84 Å². The Labute approximate surface area is 90.1 Å². The van der Waals surface area contributed by atoms with Gasteiger partial charge >= 0.3 is 0 Å². The van der Waals surface area contributed by atoms with Gasteiger partial charge in [0.1, 0.15) is 6.17 Å². The van der Waals surface area contributed by atoms with E-state index in [1.54, 1.807) is 0 Å². The van der Waals surface area contributed by atoms with Crippen molar-refractivity contribution in [1.29, 1.82) is 0 Å². The lowest BCUT2D eigenvalue weighted by atomic mass is 10.0. The molecule has 1 heterocycles. The molecule has 0 saturated carbocycles. The van der Waals surface area contributed by atoms with Crippen molar-refractivity contribution >= 4 is 5.90 Å². The minimum Gasteiger partial charge on any atom is -0.386 e. The Morgan fingerprint density at radius 1 is 1.27 bits per heavy atom. The molecule has 0 spiro atoms. The summed E-state index contributed by atoms with van der Waals surface area (Å²) in [4.78, 5) is 9.57. The molecule has 1 aromatic rings. The summed E-state index contributed by atoms with van der Waals surface area (Å²) in [6.07, 6.45) is 0.0461. The number of nitrogens with zero attached hydrogens (tertiary/aromatic N) is 1. The van der Waals surface area contributed by atoms with E-state index in [1.807, 2.05) is 19.1 Å². The molecule has 1 aromatic carbocycles. The molecule has 15 heavy (non-hydrogen) atoms. The molecule has 3 nitrogen and oxygen atoms in total. The van der Waals surface area contributed by atoms with Gasteiger partial charge in [0.2, 0.25) is 5.90 Å². The molecule has 80 valence electrons. The number of hydrogen-bond donors (Lipinski definition) is 1. The van der Waals surface area contributed by atoms with Crippen molar-refractivity contribution in [3.63, 3.8) is 0 Å². The van der Waals surface area contributed by atoms with Crippen LogP contribution in [0.2, 0.25) is 0 Å². The van der Waals surface area contributed by atoms with Crippen molar-refractivity contribution in [3.05, 3.63) is 35.4 Å². The Kier molecular flexibility index (Phi) is 2.73. The normalized spacial score (nSPS) is 20.3. The highest BCUT2D eigenvalue weighted by Gasteiger charge is 2.15. The molecule has 2 rings (SSSR count). The van der Waals surface area contributed by atoms with Gasteiger partial charge in [-0.05, 0) is 30.5 Å². The standard InChI is InChI=1S/C12H16N2O/c1-8(2)10-4-6-11(7-5-10)12-13-9(3)14-15-12/h4-9,14H,1-3H3. The lowest BCUT2D eigenvalue weighted by molar-refractivity contribution is 0.186. The second-order valence-electron chi connectivity index (χ2n) is 4.11. The fourth-order valence-corrected chi connectivity index (χ4v) is 1.51. The predicted octanol–water partition coefficient (Wildman–Crippen LogP) is 2.44. The Bertz CT molecular complexity index is 368. The van der Waals surface area contributed by atoms with Gasteiger partial charge in [-0.1, -0.05) is 26.0 Å². The molecular formula is C12H16N2O. The third-order valence-electron chi connectivity index (χ3n) is 2.46. The van der Waals surface area contributed by atoms with Crippen LogP contribution in [0.5, 0.6) is 0 Å². The van der Waals surface area contributed by atoms with Crippen LogP contribution < -0.4 is 5.48 Å².